The molecular formula is C22H24N4O4. The summed E-state index contributed by atoms with van der Waals surface area (Å²) in [5.41, 5.74) is 1.30. The van der Waals surface area contributed by atoms with Crippen LogP contribution in [0, 0.1) is 16.0 Å². The Hall–Kier alpha value is -3.42. The van der Waals surface area contributed by atoms with E-state index in [9.17, 15) is 19.7 Å². The molecule has 0 aliphatic carbocycles. The molecule has 2 aromatic carbocycles. The Bertz CT molecular complexity index is 1220. The van der Waals surface area contributed by atoms with E-state index in [1.54, 1.807) is 6.07 Å². The quantitative estimate of drug-likeness (QED) is 0.376. The number of benzene rings is 2. The normalized spacial score (nSPS) is 14.9. The first-order valence-corrected chi connectivity index (χ1v) is 10.0. The Morgan fingerprint density at radius 2 is 1.53 bits per heavy atom. The maximum absolute atomic E-state index is 12.2. The fourth-order valence-electron chi connectivity index (χ4n) is 4.32. The van der Waals surface area contributed by atoms with Gasteiger partial charge in [-0.3, -0.25) is 19.7 Å². The third-order valence-electron chi connectivity index (χ3n) is 6.11. The second-order valence-electron chi connectivity index (χ2n) is 7.94. The number of aryl methyl sites for hydroxylation is 2. The molecule has 0 saturated carbocycles. The van der Waals surface area contributed by atoms with Gasteiger partial charge in [0.2, 0.25) is 0 Å². The molecule has 1 aliphatic heterocycles. The highest BCUT2D eigenvalue weighted by Crippen LogP contribution is 2.35. The number of hydrogen-bond acceptors (Lipinski definition) is 5. The molecule has 1 saturated heterocycles. The van der Waals surface area contributed by atoms with Gasteiger partial charge in [0.05, 0.1) is 16.0 Å². The molecule has 0 bridgehead atoms. The lowest BCUT2D eigenvalue weighted by atomic mass is 9.90. The van der Waals surface area contributed by atoms with E-state index in [1.807, 2.05) is 23.1 Å². The van der Waals surface area contributed by atoms with E-state index in [-0.39, 0.29) is 5.69 Å². The van der Waals surface area contributed by atoms with Crippen molar-refractivity contribution >= 4 is 22.4 Å². The molecule has 0 unspecified atom stereocenters. The topological polar surface area (TPSA) is 90.4 Å². The van der Waals surface area contributed by atoms with Crippen LogP contribution in [0.2, 0.25) is 0 Å². The first-order valence-electron chi connectivity index (χ1n) is 10.0. The van der Waals surface area contributed by atoms with Crippen molar-refractivity contribution in [3.8, 4) is 0 Å². The molecule has 156 valence electrons. The highest BCUT2D eigenvalue weighted by Gasteiger charge is 2.27. The Morgan fingerprint density at radius 1 is 0.967 bits per heavy atom. The maximum atomic E-state index is 12.2. The van der Waals surface area contributed by atoms with Gasteiger partial charge in [-0.05, 0) is 36.8 Å². The smallest absolute Gasteiger partial charge is 0.316 e. The van der Waals surface area contributed by atoms with Crippen LogP contribution in [0.4, 0.5) is 11.4 Å². The molecule has 1 aliphatic rings. The third kappa shape index (κ3) is 3.49. The summed E-state index contributed by atoms with van der Waals surface area (Å²) in [4.78, 5) is 37.7. The minimum Gasteiger partial charge on any atom is -0.366 e. The van der Waals surface area contributed by atoms with Gasteiger partial charge in [-0.25, -0.2) is 0 Å². The van der Waals surface area contributed by atoms with Crippen molar-refractivity contribution in [2.75, 3.05) is 18.0 Å². The Labute approximate surface area is 173 Å². The summed E-state index contributed by atoms with van der Waals surface area (Å²) in [6.07, 6.45) is 2.89. The van der Waals surface area contributed by atoms with Crippen molar-refractivity contribution in [3.63, 3.8) is 0 Å². The van der Waals surface area contributed by atoms with Crippen LogP contribution in [0.5, 0.6) is 0 Å². The van der Waals surface area contributed by atoms with Crippen LogP contribution >= 0.6 is 0 Å². The summed E-state index contributed by atoms with van der Waals surface area (Å²) in [5, 5.41) is 11.8. The van der Waals surface area contributed by atoms with Crippen molar-refractivity contribution in [2.24, 2.45) is 20.0 Å². The maximum Gasteiger partial charge on any atom is 0.316 e. The van der Waals surface area contributed by atoms with Crippen LogP contribution < -0.4 is 16.0 Å². The van der Waals surface area contributed by atoms with Crippen molar-refractivity contribution in [1.29, 1.82) is 0 Å². The van der Waals surface area contributed by atoms with Gasteiger partial charge in [0.25, 0.3) is 5.69 Å². The average Bonchev–Trinajstić information content (AvgIpc) is 2.76. The lowest BCUT2D eigenvalue weighted by molar-refractivity contribution is -0.384. The van der Waals surface area contributed by atoms with Gasteiger partial charge in [0.1, 0.15) is 5.69 Å². The van der Waals surface area contributed by atoms with Gasteiger partial charge in [-0.15, -0.1) is 0 Å². The molecule has 30 heavy (non-hydrogen) atoms. The highest BCUT2D eigenvalue weighted by molar-refractivity contribution is 5.85. The lowest BCUT2D eigenvalue weighted by Crippen LogP contribution is -2.39. The van der Waals surface area contributed by atoms with E-state index in [0.717, 1.165) is 19.3 Å². The third-order valence-corrected chi connectivity index (χ3v) is 6.11. The zero-order valence-electron chi connectivity index (χ0n) is 17.1. The lowest BCUT2D eigenvalue weighted by Gasteiger charge is -2.33. The van der Waals surface area contributed by atoms with Gasteiger partial charge in [-0.1, -0.05) is 30.3 Å². The molecule has 0 amide bonds. The van der Waals surface area contributed by atoms with Crippen molar-refractivity contribution in [2.45, 2.75) is 19.3 Å². The largest absolute Gasteiger partial charge is 0.366 e. The summed E-state index contributed by atoms with van der Waals surface area (Å²) in [5.74, 6) is 0.535. The first-order chi connectivity index (χ1) is 14.4. The summed E-state index contributed by atoms with van der Waals surface area (Å²) < 4.78 is 2.45. The predicted molar refractivity (Wildman–Crippen MR) is 116 cm³/mol. The second kappa shape index (κ2) is 7.78. The standard InChI is InChI=1S/C22H24N4O4/c1-23-17-13-19(20(26(29)30)14-18(17)24(2)22(28)21(23)27)25-10-8-16(9-11-25)12-15-6-4-3-5-7-15/h3-7,13-14,16H,8-12H2,1-2H3. The minimum atomic E-state index is -0.700. The van der Waals surface area contributed by atoms with Gasteiger partial charge in [-0.2, -0.15) is 0 Å². The average molecular weight is 408 g/mol. The highest BCUT2D eigenvalue weighted by atomic mass is 16.6. The van der Waals surface area contributed by atoms with Crippen LogP contribution in [0.25, 0.3) is 11.0 Å². The van der Waals surface area contributed by atoms with Crippen LogP contribution in [-0.2, 0) is 20.5 Å². The number of nitrogens with zero attached hydrogens (tertiary/aromatic N) is 4. The molecule has 1 fully saturated rings. The molecule has 0 atom stereocenters. The van der Waals surface area contributed by atoms with Gasteiger partial charge < -0.3 is 14.0 Å². The van der Waals surface area contributed by atoms with E-state index in [0.29, 0.717) is 35.7 Å². The minimum absolute atomic E-state index is 0.0438. The van der Waals surface area contributed by atoms with Crippen molar-refractivity contribution in [1.82, 2.24) is 9.13 Å². The number of fused-ring (bicyclic) bond motifs is 1. The molecule has 8 heteroatoms. The van der Waals surface area contributed by atoms with Crippen LogP contribution in [-0.4, -0.2) is 27.1 Å². The molecule has 0 N–H and O–H groups in total. The number of nitro benzene ring substituents is 1. The first kappa shape index (κ1) is 19.9. The van der Waals surface area contributed by atoms with E-state index in [4.69, 9.17) is 0 Å². The van der Waals surface area contributed by atoms with E-state index in [2.05, 4.69) is 12.1 Å². The van der Waals surface area contributed by atoms with Gasteiger partial charge >= 0.3 is 11.1 Å². The molecule has 4 rings (SSSR count). The molecule has 2 heterocycles. The molecule has 3 aromatic rings. The molecule has 0 spiro atoms. The number of piperidine rings is 1. The fourth-order valence-corrected chi connectivity index (χ4v) is 4.32. The van der Waals surface area contributed by atoms with Gasteiger partial charge in [0, 0.05) is 33.3 Å². The van der Waals surface area contributed by atoms with Crippen LogP contribution in [0.15, 0.2) is 52.1 Å². The molecule has 8 nitrogen and oxygen atoms in total. The summed E-state index contributed by atoms with van der Waals surface area (Å²) in [6.45, 7) is 1.42. The SMILES string of the molecule is Cn1c(=O)c(=O)n(C)c2cc([N+](=O)[O-])c(N3CCC(Cc4ccccc4)CC3)cc21. The zero-order chi connectivity index (χ0) is 21.4. The number of hydrogen-bond donors (Lipinski definition) is 0. The summed E-state index contributed by atoms with van der Waals surface area (Å²) in [7, 11) is 2.98. The summed E-state index contributed by atoms with van der Waals surface area (Å²) >= 11 is 0. The Kier molecular flexibility index (Phi) is 5.15. The van der Waals surface area contributed by atoms with Crippen LogP contribution in [0.3, 0.4) is 0 Å². The zero-order valence-corrected chi connectivity index (χ0v) is 17.1. The molecule has 0 radical (unpaired) electrons. The fraction of sp³-hybridized carbons (Fsp3) is 0.364. The molecular weight excluding hydrogens is 384 g/mol. The number of rotatable bonds is 4. The van der Waals surface area contributed by atoms with Crippen LogP contribution in [0.1, 0.15) is 18.4 Å². The van der Waals surface area contributed by atoms with Crippen molar-refractivity contribution < 1.29 is 4.92 Å². The van der Waals surface area contributed by atoms with Crippen molar-refractivity contribution in [3.05, 3.63) is 78.8 Å². The Balaban J connectivity index is 1.67. The Morgan fingerprint density at radius 3 is 2.10 bits per heavy atom. The second-order valence-corrected chi connectivity index (χ2v) is 7.94. The summed E-state index contributed by atoms with van der Waals surface area (Å²) in [6, 6.07) is 13.4. The monoisotopic (exact) mass is 408 g/mol. The number of aromatic nitrogens is 2. The molecule has 1 aromatic heterocycles. The van der Waals surface area contributed by atoms with E-state index < -0.39 is 16.0 Å². The predicted octanol–water partition coefficient (Wildman–Crippen LogP) is 2.60. The number of nitro groups is 1. The van der Waals surface area contributed by atoms with E-state index in [1.165, 1.54) is 34.9 Å². The number of anilines is 1. The van der Waals surface area contributed by atoms with Gasteiger partial charge in [0.15, 0.2) is 0 Å². The van der Waals surface area contributed by atoms with E-state index >= 15 is 0 Å².